The normalized spacial score (nSPS) is 25.2. The molecule has 5 rings (SSSR count). The molecule has 1 N–H and O–H groups in total. The fourth-order valence-electron chi connectivity index (χ4n) is 4.84. The molecule has 0 radical (unpaired) electrons. The van der Waals surface area contributed by atoms with E-state index in [1.165, 1.54) is 24.1 Å². The first kappa shape index (κ1) is 21.5. The Labute approximate surface area is 191 Å². The molecule has 5 nitrogen and oxygen atoms in total. The predicted molar refractivity (Wildman–Crippen MR) is 122 cm³/mol. The van der Waals surface area contributed by atoms with E-state index in [-0.39, 0.29) is 5.91 Å². The molecule has 0 unspecified atom stereocenters. The minimum Gasteiger partial charge on any atom is -0.353 e. The minimum atomic E-state index is -1.10. The second-order valence-corrected chi connectivity index (χ2v) is 11.9. The van der Waals surface area contributed by atoms with E-state index in [0.717, 1.165) is 65.4 Å². The Morgan fingerprint density at radius 2 is 2.10 bits per heavy atom. The van der Waals surface area contributed by atoms with E-state index in [1.54, 1.807) is 22.7 Å². The SMILES string of the molecule is Cc1ncc(CC(=O)NC2CCC(CCN3CCc4sc(C5(F)CC5)nc4C3)CC2)s1. The second-order valence-electron chi connectivity index (χ2n) is 9.48. The maximum atomic E-state index is 14.3. The molecule has 3 heterocycles. The first-order valence-corrected chi connectivity index (χ1v) is 13.2. The van der Waals surface area contributed by atoms with Gasteiger partial charge in [-0.15, -0.1) is 22.7 Å². The van der Waals surface area contributed by atoms with Crippen molar-refractivity contribution in [3.63, 3.8) is 0 Å². The Balaban J connectivity index is 1.02. The highest BCUT2D eigenvalue weighted by molar-refractivity contribution is 7.12. The van der Waals surface area contributed by atoms with E-state index in [0.29, 0.717) is 25.3 Å². The number of amides is 1. The van der Waals surface area contributed by atoms with Gasteiger partial charge in [0.05, 0.1) is 17.1 Å². The van der Waals surface area contributed by atoms with Crippen LogP contribution in [0.3, 0.4) is 0 Å². The lowest BCUT2D eigenvalue weighted by atomic mass is 9.84. The molecular weight excluding hydrogens is 431 g/mol. The third-order valence-electron chi connectivity index (χ3n) is 6.95. The molecule has 1 aliphatic heterocycles. The summed E-state index contributed by atoms with van der Waals surface area (Å²) in [5.41, 5.74) is 0.0262. The van der Waals surface area contributed by atoms with Gasteiger partial charge < -0.3 is 5.32 Å². The average molecular weight is 463 g/mol. The van der Waals surface area contributed by atoms with E-state index in [1.807, 2.05) is 13.1 Å². The van der Waals surface area contributed by atoms with Crippen LogP contribution in [0.25, 0.3) is 0 Å². The Bertz CT molecular complexity index is 930. The molecule has 0 bridgehead atoms. The third-order valence-corrected chi connectivity index (χ3v) is 9.20. The summed E-state index contributed by atoms with van der Waals surface area (Å²) in [7, 11) is 0. The number of hydrogen-bond acceptors (Lipinski definition) is 6. The number of nitrogens with zero attached hydrogens (tertiary/aromatic N) is 3. The quantitative estimate of drug-likeness (QED) is 0.657. The number of fused-ring (bicyclic) bond motifs is 1. The van der Waals surface area contributed by atoms with E-state index in [2.05, 4.69) is 20.2 Å². The number of alkyl halides is 1. The number of nitrogens with one attached hydrogen (secondary N) is 1. The van der Waals surface area contributed by atoms with E-state index < -0.39 is 5.67 Å². The Kier molecular flexibility index (Phi) is 6.14. The molecule has 3 aliphatic rings. The summed E-state index contributed by atoms with van der Waals surface area (Å²) < 4.78 is 14.3. The molecule has 0 atom stereocenters. The molecule has 2 aliphatic carbocycles. The lowest BCUT2D eigenvalue weighted by Crippen LogP contribution is -2.39. The number of thiazole rings is 2. The number of aryl methyl sites for hydroxylation is 1. The summed E-state index contributed by atoms with van der Waals surface area (Å²) in [4.78, 5) is 26.0. The van der Waals surface area contributed by atoms with Crippen molar-refractivity contribution in [3.05, 3.63) is 31.7 Å². The molecule has 2 fully saturated rings. The van der Waals surface area contributed by atoms with Crippen molar-refractivity contribution in [1.29, 1.82) is 0 Å². The van der Waals surface area contributed by atoms with Crippen LogP contribution in [0.4, 0.5) is 4.39 Å². The van der Waals surface area contributed by atoms with Crippen LogP contribution < -0.4 is 5.32 Å². The van der Waals surface area contributed by atoms with Crippen molar-refractivity contribution in [2.24, 2.45) is 5.92 Å². The minimum absolute atomic E-state index is 0.125. The lowest BCUT2D eigenvalue weighted by Gasteiger charge is -2.32. The first-order valence-electron chi connectivity index (χ1n) is 11.6. The van der Waals surface area contributed by atoms with Crippen molar-refractivity contribution in [2.75, 3.05) is 13.1 Å². The number of carbonyl (C=O) groups excluding carboxylic acids is 1. The van der Waals surface area contributed by atoms with E-state index >= 15 is 0 Å². The molecule has 1 amide bonds. The van der Waals surface area contributed by atoms with Crippen LogP contribution >= 0.6 is 22.7 Å². The van der Waals surface area contributed by atoms with Gasteiger partial charge in [-0.3, -0.25) is 9.69 Å². The van der Waals surface area contributed by atoms with E-state index in [9.17, 15) is 9.18 Å². The first-order chi connectivity index (χ1) is 15.0. The zero-order valence-electron chi connectivity index (χ0n) is 18.2. The van der Waals surface area contributed by atoms with Gasteiger partial charge in [0.25, 0.3) is 0 Å². The summed E-state index contributed by atoms with van der Waals surface area (Å²) in [5.74, 6) is 0.866. The molecule has 2 saturated carbocycles. The summed E-state index contributed by atoms with van der Waals surface area (Å²) in [5, 5.41) is 4.96. The van der Waals surface area contributed by atoms with Gasteiger partial charge in [-0.2, -0.15) is 0 Å². The van der Waals surface area contributed by atoms with Crippen LogP contribution in [-0.4, -0.2) is 39.9 Å². The largest absolute Gasteiger partial charge is 0.353 e. The maximum absolute atomic E-state index is 14.3. The Morgan fingerprint density at radius 3 is 2.81 bits per heavy atom. The Hall–Kier alpha value is -1.38. The number of carbonyl (C=O) groups is 1. The number of rotatable bonds is 7. The van der Waals surface area contributed by atoms with Gasteiger partial charge in [0.1, 0.15) is 5.01 Å². The predicted octanol–water partition coefficient (Wildman–Crippen LogP) is 4.53. The number of hydrogen-bond donors (Lipinski definition) is 1. The van der Waals surface area contributed by atoms with Crippen molar-refractivity contribution < 1.29 is 9.18 Å². The highest BCUT2D eigenvalue weighted by atomic mass is 32.1. The van der Waals surface area contributed by atoms with Crippen molar-refractivity contribution in [1.82, 2.24) is 20.2 Å². The zero-order chi connectivity index (χ0) is 21.4. The maximum Gasteiger partial charge on any atom is 0.225 e. The highest BCUT2D eigenvalue weighted by Gasteiger charge is 2.48. The molecule has 2 aromatic rings. The molecule has 2 aromatic heterocycles. The molecule has 168 valence electrons. The fourth-order valence-corrected chi connectivity index (χ4v) is 6.83. The summed E-state index contributed by atoms with van der Waals surface area (Å²) >= 11 is 3.21. The molecule has 31 heavy (non-hydrogen) atoms. The monoisotopic (exact) mass is 462 g/mol. The molecule has 0 saturated heterocycles. The van der Waals surface area contributed by atoms with Gasteiger partial charge in [-0.05, 0) is 70.8 Å². The molecule has 0 spiro atoms. The van der Waals surface area contributed by atoms with Gasteiger partial charge in [0.2, 0.25) is 5.91 Å². The number of aromatic nitrogens is 2. The Morgan fingerprint density at radius 1 is 1.29 bits per heavy atom. The second kappa shape index (κ2) is 8.87. The van der Waals surface area contributed by atoms with Crippen LogP contribution in [0, 0.1) is 12.8 Å². The summed E-state index contributed by atoms with van der Waals surface area (Å²) in [6.07, 6.45) is 10.3. The average Bonchev–Trinajstić information content (AvgIpc) is 3.16. The van der Waals surface area contributed by atoms with Crippen molar-refractivity contribution in [2.45, 2.75) is 83.0 Å². The highest BCUT2D eigenvalue weighted by Crippen LogP contribution is 2.51. The fraction of sp³-hybridized carbons (Fsp3) is 0.696. The molecule has 0 aromatic carbocycles. The van der Waals surface area contributed by atoms with Crippen LogP contribution in [0.2, 0.25) is 0 Å². The summed E-state index contributed by atoms with van der Waals surface area (Å²) in [6, 6.07) is 0.319. The topological polar surface area (TPSA) is 58.1 Å². The third kappa shape index (κ3) is 5.17. The van der Waals surface area contributed by atoms with Crippen LogP contribution in [0.15, 0.2) is 6.20 Å². The summed E-state index contributed by atoms with van der Waals surface area (Å²) in [6.45, 7) is 5.01. The smallest absolute Gasteiger partial charge is 0.225 e. The van der Waals surface area contributed by atoms with Crippen LogP contribution in [0.1, 0.15) is 70.4 Å². The van der Waals surface area contributed by atoms with Gasteiger partial charge in [0, 0.05) is 35.1 Å². The van der Waals surface area contributed by atoms with Gasteiger partial charge >= 0.3 is 0 Å². The number of halogens is 1. The van der Waals surface area contributed by atoms with Crippen LogP contribution in [0.5, 0.6) is 0 Å². The van der Waals surface area contributed by atoms with E-state index in [4.69, 9.17) is 0 Å². The molecular formula is C23H31FN4OS2. The van der Waals surface area contributed by atoms with Gasteiger partial charge in [-0.25, -0.2) is 14.4 Å². The van der Waals surface area contributed by atoms with Crippen molar-refractivity contribution >= 4 is 28.6 Å². The molecule has 8 heteroatoms. The van der Waals surface area contributed by atoms with Crippen molar-refractivity contribution in [3.8, 4) is 0 Å². The van der Waals surface area contributed by atoms with Gasteiger partial charge in [0.15, 0.2) is 5.67 Å². The standard InChI is InChI=1S/C23H31FN4OS2/c1-15-25-13-18(30-15)12-21(29)26-17-4-2-16(3-5-17)6-10-28-11-7-20-19(14-28)27-22(31-20)23(24)8-9-23/h13,16-17H,2-12,14H2,1H3,(H,26,29). The lowest BCUT2D eigenvalue weighted by molar-refractivity contribution is -0.121. The zero-order valence-corrected chi connectivity index (χ0v) is 19.8. The van der Waals surface area contributed by atoms with Crippen LogP contribution in [-0.2, 0) is 29.8 Å². The van der Waals surface area contributed by atoms with Gasteiger partial charge in [-0.1, -0.05) is 0 Å².